The fourth-order valence-corrected chi connectivity index (χ4v) is 4.10. The molecule has 3 heterocycles. The molecule has 28 heavy (non-hydrogen) atoms. The second-order valence-corrected chi connectivity index (χ2v) is 8.31. The maximum atomic E-state index is 4.85. The molecule has 2 saturated heterocycles. The molecule has 0 radical (unpaired) electrons. The Morgan fingerprint density at radius 3 is 2.61 bits per heavy atom. The van der Waals surface area contributed by atoms with E-state index in [-0.39, 0.29) is 0 Å². The number of aliphatic imine (C=N–C) groups is 1. The largest absolute Gasteiger partial charge is 0.357 e. The third-order valence-corrected chi connectivity index (χ3v) is 5.85. The Bertz CT molecular complexity index is 615. The fourth-order valence-electron chi connectivity index (χ4n) is 4.10. The second kappa shape index (κ2) is 10.6. The number of rotatable bonds is 6. The lowest BCUT2D eigenvalue weighted by Gasteiger charge is -2.35. The van der Waals surface area contributed by atoms with E-state index >= 15 is 0 Å². The molecule has 0 bridgehead atoms. The molecule has 1 aromatic heterocycles. The van der Waals surface area contributed by atoms with Crippen LogP contribution in [0.25, 0.3) is 0 Å². The molecule has 0 amide bonds. The Kier molecular flexibility index (Phi) is 7.95. The number of guanidine groups is 1. The molecular formula is C22H38N6. The predicted molar refractivity (Wildman–Crippen MR) is 118 cm³/mol. The Labute approximate surface area is 170 Å². The summed E-state index contributed by atoms with van der Waals surface area (Å²) >= 11 is 0. The van der Waals surface area contributed by atoms with Crippen molar-refractivity contribution in [3.05, 3.63) is 23.9 Å². The summed E-state index contributed by atoms with van der Waals surface area (Å²) in [6, 6.07) is 5.44. The van der Waals surface area contributed by atoms with Crippen LogP contribution in [-0.2, 0) is 6.54 Å². The van der Waals surface area contributed by atoms with Gasteiger partial charge in [-0.1, -0.05) is 0 Å². The summed E-state index contributed by atoms with van der Waals surface area (Å²) < 4.78 is 0. The summed E-state index contributed by atoms with van der Waals surface area (Å²) in [6.07, 6.45) is 8.17. The van der Waals surface area contributed by atoms with Crippen molar-refractivity contribution in [2.45, 2.75) is 71.5 Å². The van der Waals surface area contributed by atoms with Gasteiger partial charge in [0.25, 0.3) is 0 Å². The first-order valence-electron chi connectivity index (χ1n) is 11.1. The highest BCUT2D eigenvalue weighted by atomic mass is 15.2. The zero-order chi connectivity index (χ0) is 19.8. The van der Waals surface area contributed by atoms with Gasteiger partial charge < -0.3 is 20.4 Å². The van der Waals surface area contributed by atoms with Crippen molar-refractivity contribution in [2.24, 2.45) is 4.99 Å². The van der Waals surface area contributed by atoms with Crippen LogP contribution in [0.1, 0.15) is 58.4 Å². The van der Waals surface area contributed by atoms with Crippen LogP contribution in [0.3, 0.4) is 0 Å². The number of aromatic nitrogens is 1. The van der Waals surface area contributed by atoms with Crippen LogP contribution in [0.2, 0.25) is 0 Å². The van der Waals surface area contributed by atoms with Crippen molar-refractivity contribution in [3.8, 4) is 0 Å². The van der Waals surface area contributed by atoms with Gasteiger partial charge in [-0.2, -0.15) is 0 Å². The lowest BCUT2D eigenvalue weighted by molar-refractivity contribution is 0.167. The van der Waals surface area contributed by atoms with Crippen LogP contribution in [-0.4, -0.2) is 60.7 Å². The van der Waals surface area contributed by atoms with Crippen LogP contribution in [0.4, 0.5) is 5.82 Å². The van der Waals surface area contributed by atoms with Gasteiger partial charge in [0.2, 0.25) is 0 Å². The molecule has 2 fully saturated rings. The van der Waals surface area contributed by atoms with Gasteiger partial charge in [-0.05, 0) is 70.6 Å². The van der Waals surface area contributed by atoms with Crippen molar-refractivity contribution in [1.82, 2.24) is 20.5 Å². The van der Waals surface area contributed by atoms with Crippen molar-refractivity contribution in [1.29, 1.82) is 0 Å². The molecule has 3 rings (SSSR count). The molecule has 1 aromatic rings. The third-order valence-electron chi connectivity index (χ3n) is 5.85. The van der Waals surface area contributed by atoms with Crippen LogP contribution in [0.5, 0.6) is 0 Å². The quantitative estimate of drug-likeness (QED) is 0.581. The highest BCUT2D eigenvalue weighted by molar-refractivity contribution is 5.80. The van der Waals surface area contributed by atoms with Gasteiger partial charge in [0.1, 0.15) is 5.82 Å². The molecule has 0 atom stereocenters. The molecule has 0 aliphatic carbocycles. The van der Waals surface area contributed by atoms with Crippen molar-refractivity contribution in [3.63, 3.8) is 0 Å². The van der Waals surface area contributed by atoms with Gasteiger partial charge in [0.15, 0.2) is 5.96 Å². The van der Waals surface area contributed by atoms with Crippen LogP contribution < -0.4 is 15.5 Å². The molecule has 6 heteroatoms. The standard InChI is InChI=1S/C22H38N6/c1-4-23-22(26-20-9-14-27(15-10-20)18(2)3)25-17-19-8-11-24-21(16-19)28-12-6-5-7-13-28/h8,11,16,18,20H,4-7,9-10,12-15,17H2,1-3H3,(H2,23,25,26). The number of pyridine rings is 1. The van der Waals surface area contributed by atoms with E-state index < -0.39 is 0 Å². The summed E-state index contributed by atoms with van der Waals surface area (Å²) in [7, 11) is 0. The van der Waals surface area contributed by atoms with Crippen molar-refractivity contribution >= 4 is 11.8 Å². The van der Waals surface area contributed by atoms with Crippen LogP contribution >= 0.6 is 0 Å². The average Bonchev–Trinajstić information content (AvgIpc) is 2.73. The number of hydrogen-bond acceptors (Lipinski definition) is 4. The van der Waals surface area contributed by atoms with E-state index in [9.17, 15) is 0 Å². The molecule has 156 valence electrons. The predicted octanol–water partition coefficient (Wildman–Crippen LogP) is 3.00. The van der Waals surface area contributed by atoms with Crippen molar-refractivity contribution < 1.29 is 0 Å². The summed E-state index contributed by atoms with van der Waals surface area (Å²) in [5.41, 5.74) is 1.22. The third kappa shape index (κ3) is 6.09. The lowest BCUT2D eigenvalue weighted by atomic mass is 10.0. The molecular weight excluding hydrogens is 348 g/mol. The van der Waals surface area contributed by atoms with Gasteiger partial charge in [-0.25, -0.2) is 9.98 Å². The maximum absolute atomic E-state index is 4.85. The zero-order valence-corrected chi connectivity index (χ0v) is 18.0. The van der Waals surface area contributed by atoms with E-state index in [1.165, 1.54) is 37.7 Å². The van der Waals surface area contributed by atoms with E-state index in [0.29, 0.717) is 18.6 Å². The Morgan fingerprint density at radius 1 is 1.18 bits per heavy atom. The van der Waals surface area contributed by atoms with E-state index in [0.717, 1.165) is 44.5 Å². The molecule has 6 nitrogen and oxygen atoms in total. The molecule has 2 aliphatic rings. The Balaban J connectivity index is 1.57. The topological polar surface area (TPSA) is 55.8 Å². The number of nitrogens with one attached hydrogen (secondary N) is 2. The molecule has 0 saturated carbocycles. The minimum atomic E-state index is 0.508. The zero-order valence-electron chi connectivity index (χ0n) is 18.0. The number of piperidine rings is 2. The Morgan fingerprint density at radius 2 is 1.93 bits per heavy atom. The lowest BCUT2D eigenvalue weighted by Crippen LogP contribution is -2.49. The van der Waals surface area contributed by atoms with E-state index in [2.05, 4.69) is 58.3 Å². The van der Waals surface area contributed by atoms with E-state index in [1.54, 1.807) is 0 Å². The maximum Gasteiger partial charge on any atom is 0.191 e. The highest BCUT2D eigenvalue weighted by Gasteiger charge is 2.21. The van der Waals surface area contributed by atoms with Gasteiger partial charge in [-0.3, -0.25) is 0 Å². The molecule has 2 N–H and O–H groups in total. The fraction of sp³-hybridized carbons (Fsp3) is 0.727. The first-order valence-corrected chi connectivity index (χ1v) is 11.1. The minimum absolute atomic E-state index is 0.508. The van der Waals surface area contributed by atoms with Gasteiger partial charge >= 0.3 is 0 Å². The van der Waals surface area contributed by atoms with Crippen molar-refractivity contribution in [2.75, 3.05) is 37.6 Å². The van der Waals surface area contributed by atoms with Gasteiger partial charge in [0.05, 0.1) is 6.54 Å². The first kappa shape index (κ1) is 20.9. The number of likely N-dealkylation sites (tertiary alicyclic amines) is 1. The number of hydrogen-bond donors (Lipinski definition) is 2. The molecule has 0 spiro atoms. The SMILES string of the molecule is CCNC(=NCc1ccnc(N2CCCCC2)c1)NC1CCN(C(C)C)CC1. The average molecular weight is 387 g/mol. The van der Waals surface area contributed by atoms with Gasteiger partial charge in [-0.15, -0.1) is 0 Å². The normalized spacial score (nSPS) is 19.9. The van der Waals surface area contributed by atoms with E-state index in [4.69, 9.17) is 4.99 Å². The number of nitrogens with zero attached hydrogens (tertiary/aromatic N) is 4. The van der Waals surface area contributed by atoms with E-state index in [1.807, 2.05) is 6.20 Å². The summed E-state index contributed by atoms with van der Waals surface area (Å²) in [6.45, 7) is 12.8. The molecule has 0 unspecified atom stereocenters. The summed E-state index contributed by atoms with van der Waals surface area (Å²) in [4.78, 5) is 14.4. The molecule has 0 aromatic carbocycles. The smallest absolute Gasteiger partial charge is 0.191 e. The van der Waals surface area contributed by atoms with Gasteiger partial charge in [0, 0.05) is 51.0 Å². The number of anilines is 1. The monoisotopic (exact) mass is 386 g/mol. The van der Waals surface area contributed by atoms with Crippen LogP contribution in [0.15, 0.2) is 23.3 Å². The first-order chi connectivity index (χ1) is 13.7. The minimum Gasteiger partial charge on any atom is -0.357 e. The highest BCUT2D eigenvalue weighted by Crippen LogP contribution is 2.19. The summed E-state index contributed by atoms with van der Waals surface area (Å²) in [5.74, 6) is 2.04. The molecule has 2 aliphatic heterocycles. The second-order valence-electron chi connectivity index (χ2n) is 8.31. The summed E-state index contributed by atoms with van der Waals surface area (Å²) in [5, 5.41) is 7.06. The Hall–Kier alpha value is -1.82. The van der Waals surface area contributed by atoms with Crippen LogP contribution in [0, 0.1) is 0 Å².